The van der Waals surface area contributed by atoms with Gasteiger partial charge in [-0.15, -0.1) is 0 Å². The quantitative estimate of drug-likeness (QED) is 0.407. The summed E-state index contributed by atoms with van der Waals surface area (Å²) in [5, 5.41) is 10.4. The van der Waals surface area contributed by atoms with Crippen LogP contribution in [0.3, 0.4) is 0 Å². The van der Waals surface area contributed by atoms with Crippen molar-refractivity contribution in [1.82, 2.24) is 14.7 Å². The molecule has 3 atom stereocenters. The minimum absolute atomic E-state index is 0.000348. The molecule has 0 bridgehead atoms. The molecular formula is C27H40N4O6. The highest BCUT2D eigenvalue weighted by atomic mass is 16.7. The molecule has 2 fully saturated rings. The molecule has 3 aliphatic rings. The summed E-state index contributed by atoms with van der Waals surface area (Å²) in [4.78, 5) is 44.0. The first kappa shape index (κ1) is 27.2. The number of hydrogen-bond acceptors (Lipinski definition) is 7. The molecule has 0 spiro atoms. The van der Waals surface area contributed by atoms with Crippen LogP contribution in [0.2, 0.25) is 0 Å². The molecule has 10 nitrogen and oxygen atoms in total. The van der Waals surface area contributed by atoms with E-state index < -0.39 is 11.9 Å². The summed E-state index contributed by atoms with van der Waals surface area (Å²) in [6.45, 7) is 5.82. The van der Waals surface area contributed by atoms with Crippen molar-refractivity contribution in [3.8, 4) is 11.5 Å². The van der Waals surface area contributed by atoms with Crippen LogP contribution in [0.4, 0.5) is 0 Å². The van der Waals surface area contributed by atoms with Crippen LogP contribution in [-0.4, -0.2) is 96.2 Å². The first-order chi connectivity index (χ1) is 17.9. The zero-order valence-corrected chi connectivity index (χ0v) is 21.8. The summed E-state index contributed by atoms with van der Waals surface area (Å²) in [6, 6.07) is 5.22. The van der Waals surface area contributed by atoms with E-state index in [1.807, 2.05) is 32.9 Å². The molecule has 3 N–H and O–H groups in total. The van der Waals surface area contributed by atoms with Crippen LogP contribution < -0.4 is 15.2 Å². The molecule has 4 rings (SSSR count). The molecule has 0 aliphatic carbocycles. The fourth-order valence-electron chi connectivity index (χ4n) is 5.83. The average Bonchev–Trinajstić information content (AvgIpc) is 3.60. The van der Waals surface area contributed by atoms with Crippen molar-refractivity contribution in [2.24, 2.45) is 11.7 Å². The molecule has 0 radical (unpaired) electrons. The molecule has 2 amide bonds. The molecule has 0 saturated carbocycles. The van der Waals surface area contributed by atoms with Gasteiger partial charge in [0.1, 0.15) is 0 Å². The van der Waals surface area contributed by atoms with E-state index >= 15 is 0 Å². The van der Waals surface area contributed by atoms with Gasteiger partial charge in [0, 0.05) is 51.1 Å². The molecule has 10 heteroatoms. The highest BCUT2D eigenvalue weighted by molar-refractivity contribution is 5.79. The molecule has 1 aromatic carbocycles. The van der Waals surface area contributed by atoms with Crippen molar-refractivity contribution in [2.75, 3.05) is 52.6 Å². The summed E-state index contributed by atoms with van der Waals surface area (Å²) >= 11 is 0. The van der Waals surface area contributed by atoms with E-state index in [9.17, 15) is 19.5 Å². The highest BCUT2D eigenvalue weighted by Crippen LogP contribution is 2.42. The minimum atomic E-state index is -0.888. The van der Waals surface area contributed by atoms with Crippen molar-refractivity contribution in [2.45, 2.75) is 57.4 Å². The fourth-order valence-corrected chi connectivity index (χ4v) is 5.83. The Morgan fingerprint density at radius 3 is 2.68 bits per heavy atom. The Kier molecular flexibility index (Phi) is 9.26. The smallest absolute Gasteiger partial charge is 0.308 e. The molecule has 0 aromatic heterocycles. The van der Waals surface area contributed by atoms with Crippen LogP contribution in [0.5, 0.6) is 11.5 Å². The number of fused-ring (bicyclic) bond motifs is 1. The van der Waals surface area contributed by atoms with Gasteiger partial charge in [0.2, 0.25) is 18.6 Å². The third-order valence-electron chi connectivity index (χ3n) is 7.83. The second-order valence-corrected chi connectivity index (χ2v) is 10.2. The Morgan fingerprint density at radius 2 is 1.97 bits per heavy atom. The van der Waals surface area contributed by atoms with Gasteiger partial charge in [-0.05, 0) is 49.9 Å². The lowest BCUT2D eigenvalue weighted by Crippen LogP contribution is -2.46. The van der Waals surface area contributed by atoms with Gasteiger partial charge in [0.15, 0.2) is 11.5 Å². The van der Waals surface area contributed by atoms with Crippen molar-refractivity contribution >= 4 is 17.8 Å². The van der Waals surface area contributed by atoms with Crippen LogP contribution in [0.1, 0.15) is 56.9 Å². The number of nitrogens with two attached hydrogens (primary N) is 1. The maximum Gasteiger partial charge on any atom is 0.308 e. The SMILES string of the molecule is CCCCN(CCCN)C(=O)CN1C[C@H](c2ccc3c(c2)OCO3)C(C(=O)O)[C@@H]1CCN1CCCC1=O. The van der Waals surface area contributed by atoms with E-state index in [1.165, 1.54) is 0 Å². The number of likely N-dealkylation sites (tertiary alicyclic amines) is 2. The first-order valence-electron chi connectivity index (χ1n) is 13.5. The van der Waals surface area contributed by atoms with E-state index in [0.717, 1.165) is 31.2 Å². The fraction of sp³-hybridized carbons (Fsp3) is 0.667. The van der Waals surface area contributed by atoms with Crippen LogP contribution >= 0.6 is 0 Å². The van der Waals surface area contributed by atoms with Gasteiger partial charge in [-0.1, -0.05) is 19.4 Å². The van der Waals surface area contributed by atoms with Gasteiger partial charge in [0.05, 0.1) is 12.5 Å². The van der Waals surface area contributed by atoms with Gasteiger partial charge in [-0.2, -0.15) is 0 Å². The van der Waals surface area contributed by atoms with Crippen molar-refractivity contribution < 1.29 is 29.0 Å². The zero-order chi connectivity index (χ0) is 26.4. The zero-order valence-electron chi connectivity index (χ0n) is 21.8. The predicted octanol–water partition coefficient (Wildman–Crippen LogP) is 1.87. The van der Waals surface area contributed by atoms with Gasteiger partial charge in [0.25, 0.3) is 0 Å². The number of hydrogen-bond donors (Lipinski definition) is 2. The number of nitrogens with zero attached hydrogens (tertiary/aromatic N) is 3. The average molecular weight is 517 g/mol. The number of carboxylic acids is 1. The second-order valence-electron chi connectivity index (χ2n) is 10.2. The summed E-state index contributed by atoms with van der Waals surface area (Å²) in [6.07, 6.45) is 4.51. The standard InChI is InChI=1S/C27H40N4O6/c1-2-3-11-29(13-5-10-28)25(33)17-31-16-20(19-7-8-22-23(15-19)37-18-36-22)26(27(34)35)21(31)9-14-30-12-4-6-24(30)32/h7-8,15,20-21,26H,2-6,9-14,16-18,28H2,1H3,(H,34,35)/t20-,21+,26?/m1/s1. The number of carboxylic acid groups (broad SMARTS) is 1. The summed E-state index contributed by atoms with van der Waals surface area (Å²) in [7, 11) is 0. The van der Waals surface area contributed by atoms with E-state index in [2.05, 4.69) is 6.92 Å². The second kappa shape index (κ2) is 12.6. The molecule has 3 aliphatic heterocycles. The number of benzene rings is 1. The summed E-state index contributed by atoms with van der Waals surface area (Å²) < 4.78 is 11.0. The molecule has 3 heterocycles. The largest absolute Gasteiger partial charge is 0.481 e. The van der Waals surface area contributed by atoms with E-state index in [-0.39, 0.29) is 37.1 Å². The number of unbranched alkanes of at least 4 members (excludes halogenated alkanes) is 1. The number of carbonyl (C=O) groups is 3. The highest BCUT2D eigenvalue weighted by Gasteiger charge is 2.47. The maximum absolute atomic E-state index is 13.4. The molecule has 204 valence electrons. The van der Waals surface area contributed by atoms with Crippen molar-refractivity contribution in [3.05, 3.63) is 23.8 Å². The monoisotopic (exact) mass is 516 g/mol. The van der Waals surface area contributed by atoms with Crippen LogP contribution in [0.15, 0.2) is 18.2 Å². The normalized spacial score (nSPS) is 23.1. The topological polar surface area (TPSA) is 126 Å². The van der Waals surface area contributed by atoms with Crippen LogP contribution in [0, 0.1) is 5.92 Å². The minimum Gasteiger partial charge on any atom is -0.481 e. The number of amides is 2. The predicted molar refractivity (Wildman–Crippen MR) is 137 cm³/mol. The van der Waals surface area contributed by atoms with Gasteiger partial charge >= 0.3 is 5.97 Å². The Hall–Kier alpha value is -2.85. The van der Waals surface area contributed by atoms with E-state index in [0.29, 0.717) is 63.6 Å². The maximum atomic E-state index is 13.4. The number of carbonyl (C=O) groups excluding carboxylic acids is 2. The van der Waals surface area contributed by atoms with Crippen molar-refractivity contribution in [1.29, 1.82) is 0 Å². The lowest BCUT2D eigenvalue weighted by Gasteiger charge is -2.30. The molecule has 2 saturated heterocycles. The Balaban J connectivity index is 1.57. The Morgan fingerprint density at radius 1 is 1.19 bits per heavy atom. The van der Waals surface area contributed by atoms with Gasteiger partial charge in [-0.3, -0.25) is 19.3 Å². The molecule has 37 heavy (non-hydrogen) atoms. The third kappa shape index (κ3) is 6.35. The third-order valence-corrected chi connectivity index (χ3v) is 7.83. The Labute approximate surface area is 218 Å². The lowest BCUT2D eigenvalue weighted by molar-refractivity contribution is -0.144. The molecule has 1 aromatic rings. The van der Waals surface area contributed by atoms with Gasteiger partial charge in [-0.25, -0.2) is 0 Å². The van der Waals surface area contributed by atoms with Crippen LogP contribution in [0.25, 0.3) is 0 Å². The van der Waals surface area contributed by atoms with Gasteiger partial charge < -0.3 is 30.1 Å². The molecular weight excluding hydrogens is 476 g/mol. The van der Waals surface area contributed by atoms with Crippen LogP contribution in [-0.2, 0) is 14.4 Å². The number of ether oxygens (including phenoxy) is 2. The first-order valence-corrected chi connectivity index (χ1v) is 13.5. The van der Waals surface area contributed by atoms with Crippen molar-refractivity contribution in [3.63, 3.8) is 0 Å². The lowest BCUT2D eigenvalue weighted by atomic mass is 9.84. The Bertz CT molecular complexity index is 964. The molecule has 1 unspecified atom stereocenters. The van der Waals surface area contributed by atoms with E-state index in [4.69, 9.17) is 15.2 Å². The van der Waals surface area contributed by atoms with E-state index in [1.54, 1.807) is 0 Å². The number of aliphatic carboxylic acids is 1. The number of rotatable bonds is 13. The summed E-state index contributed by atoms with van der Waals surface area (Å²) in [5.74, 6) is -0.529. The summed E-state index contributed by atoms with van der Waals surface area (Å²) in [5.41, 5.74) is 6.57.